The fraction of sp³-hybridized carbons (Fsp3) is 0.375. The van der Waals surface area contributed by atoms with E-state index in [-0.39, 0.29) is 11.8 Å². The van der Waals surface area contributed by atoms with Crippen molar-refractivity contribution in [2.75, 3.05) is 26.2 Å². The fourth-order valence-corrected chi connectivity index (χ4v) is 3.34. The molecule has 6 nitrogen and oxygen atoms in total. The normalized spacial score (nSPS) is 15.3. The standard InChI is InChI=1S/C16H18N4O2S/c1-12(21)19-6-3-7-20(9-8-19)16(22)13-4-2-5-18-15(13)14-10-17-11-23-14/h2,4-5,10-11H,3,6-9H2,1H3. The number of carbonyl (C=O) groups excluding carboxylic acids is 2. The first kappa shape index (κ1) is 15.6. The van der Waals surface area contributed by atoms with E-state index < -0.39 is 0 Å². The van der Waals surface area contributed by atoms with Crippen LogP contribution in [0.25, 0.3) is 10.6 Å². The molecule has 0 atom stereocenters. The van der Waals surface area contributed by atoms with Crippen LogP contribution in [0.1, 0.15) is 23.7 Å². The summed E-state index contributed by atoms with van der Waals surface area (Å²) in [5.41, 5.74) is 3.00. The highest BCUT2D eigenvalue weighted by Gasteiger charge is 2.24. The number of thiazole rings is 1. The Morgan fingerprint density at radius 3 is 2.70 bits per heavy atom. The number of amides is 2. The van der Waals surface area contributed by atoms with E-state index >= 15 is 0 Å². The molecule has 120 valence electrons. The van der Waals surface area contributed by atoms with Crippen molar-refractivity contribution in [1.29, 1.82) is 0 Å². The number of hydrogen-bond acceptors (Lipinski definition) is 5. The molecule has 2 aromatic rings. The van der Waals surface area contributed by atoms with Crippen LogP contribution in [0.3, 0.4) is 0 Å². The molecule has 0 radical (unpaired) electrons. The highest BCUT2D eigenvalue weighted by Crippen LogP contribution is 2.25. The molecule has 2 aromatic heterocycles. The van der Waals surface area contributed by atoms with Gasteiger partial charge in [-0.1, -0.05) is 0 Å². The second kappa shape index (κ2) is 6.87. The van der Waals surface area contributed by atoms with Gasteiger partial charge in [-0.05, 0) is 18.6 Å². The maximum absolute atomic E-state index is 12.9. The number of rotatable bonds is 2. The van der Waals surface area contributed by atoms with Crippen molar-refractivity contribution in [2.24, 2.45) is 0 Å². The molecule has 1 fully saturated rings. The van der Waals surface area contributed by atoms with Crippen molar-refractivity contribution in [2.45, 2.75) is 13.3 Å². The highest BCUT2D eigenvalue weighted by molar-refractivity contribution is 7.13. The van der Waals surface area contributed by atoms with E-state index in [4.69, 9.17) is 0 Å². The minimum absolute atomic E-state index is 0.0353. The minimum atomic E-state index is -0.0353. The summed E-state index contributed by atoms with van der Waals surface area (Å²) in [6, 6.07) is 3.58. The van der Waals surface area contributed by atoms with Gasteiger partial charge in [0.05, 0.1) is 21.6 Å². The van der Waals surface area contributed by atoms with E-state index in [1.54, 1.807) is 41.9 Å². The molecule has 0 aromatic carbocycles. The maximum Gasteiger partial charge on any atom is 0.256 e. The monoisotopic (exact) mass is 330 g/mol. The van der Waals surface area contributed by atoms with Gasteiger partial charge in [0, 0.05) is 45.5 Å². The highest BCUT2D eigenvalue weighted by atomic mass is 32.1. The smallest absolute Gasteiger partial charge is 0.256 e. The summed E-state index contributed by atoms with van der Waals surface area (Å²) in [5, 5.41) is 0. The van der Waals surface area contributed by atoms with Crippen LogP contribution in [-0.2, 0) is 4.79 Å². The van der Waals surface area contributed by atoms with Gasteiger partial charge in [0.15, 0.2) is 0 Å². The van der Waals surface area contributed by atoms with E-state index in [1.807, 2.05) is 4.90 Å². The van der Waals surface area contributed by atoms with E-state index in [1.165, 1.54) is 11.3 Å². The average molecular weight is 330 g/mol. The van der Waals surface area contributed by atoms with Crippen molar-refractivity contribution in [3.63, 3.8) is 0 Å². The predicted molar refractivity (Wildman–Crippen MR) is 88.1 cm³/mol. The molecule has 0 N–H and O–H groups in total. The summed E-state index contributed by atoms with van der Waals surface area (Å²) in [4.78, 5) is 37.3. The largest absolute Gasteiger partial charge is 0.341 e. The summed E-state index contributed by atoms with van der Waals surface area (Å²) in [6.45, 7) is 4.06. The van der Waals surface area contributed by atoms with E-state index in [0.29, 0.717) is 37.4 Å². The van der Waals surface area contributed by atoms with Crippen LogP contribution in [0.5, 0.6) is 0 Å². The number of carbonyl (C=O) groups is 2. The second-order valence-electron chi connectivity index (χ2n) is 5.42. The summed E-state index contributed by atoms with van der Waals surface area (Å²) in [6.07, 6.45) is 4.21. The zero-order chi connectivity index (χ0) is 16.2. The van der Waals surface area contributed by atoms with E-state index in [2.05, 4.69) is 9.97 Å². The second-order valence-corrected chi connectivity index (χ2v) is 6.30. The molecule has 0 bridgehead atoms. The summed E-state index contributed by atoms with van der Waals surface area (Å²) < 4.78 is 0. The number of hydrogen-bond donors (Lipinski definition) is 0. The van der Waals surface area contributed by atoms with Crippen LogP contribution in [0.2, 0.25) is 0 Å². The predicted octanol–water partition coefficient (Wildman–Crippen LogP) is 1.90. The van der Waals surface area contributed by atoms with Gasteiger partial charge in [-0.15, -0.1) is 11.3 Å². The molecule has 1 aliphatic heterocycles. The Bertz CT molecular complexity index is 702. The number of nitrogens with zero attached hydrogens (tertiary/aromatic N) is 4. The molecule has 0 saturated carbocycles. The van der Waals surface area contributed by atoms with Gasteiger partial charge in [0.25, 0.3) is 5.91 Å². The average Bonchev–Trinajstić information content (AvgIpc) is 2.98. The van der Waals surface area contributed by atoms with Crippen molar-refractivity contribution >= 4 is 23.2 Å². The third kappa shape index (κ3) is 3.39. The van der Waals surface area contributed by atoms with Crippen LogP contribution in [-0.4, -0.2) is 57.8 Å². The molecule has 3 rings (SSSR count). The first-order chi connectivity index (χ1) is 11.2. The molecule has 0 aliphatic carbocycles. The molecule has 2 amide bonds. The molecule has 23 heavy (non-hydrogen) atoms. The Hall–Kier alpha value is -2.28. The van der Waals surface area contributed by atoms with Crippen molar-refractivity contribution < 1.29 is 9.59 Å². The lowest BCUT2D eigenvalue weighted by Gasteiger charge is -2.22. The van der Waals surface area contributed by atoms with Gasteiger partial charge in [-0.3, -0.25) is 19.6 Å². The lowest BCUT2D eigenvalue weighted by molar-refractivity contribution is -0.128. The van der Waals surface area contributed by atoms with Crippen molar-refractivity contribution in [3.8, 4) is 10.6 Å². The molecule has 0 unspecified atom stereocenters. The lowest BCUT2D eigenvalue weighted by Crippen LogP contribution is -2.36. The van der Waals surface area contributed by atoms with Gasteiger partial charge in [-0.25, -0.2) is 0 Å². The van der Waals surface area contributed by atoms with E-state index in [0.717, 1.165) is 11.3 Å². The Morgan fingerprint density at radius 2 is 1.96 bits per heavy atom. The zero-order valence-electron chi connectivity index (χ0n) is 12.9. The number of aromatic nitrogens is 2. The molecule has 3 heterocycles. The first-order valence-electron chi connectivity index (χ1n) is 7.55. The molecular weight excluding hydrogens is 312 g/mol. The Labute approximate surface area is 138 Å². The molecule has 1 aliphatic rings. The van der Waals surface area contributed by atoms with Gasteiger partial charge >= 0.3 is 0 Å². The van der Waals surface area contributed by atoms with Crippen LogP contribution in [0, 0.1) is 0 Å². The molecule has 7 heteroatoms. The topological polar surface area (TPSA) is 66.4 Å². The maximum atomic E-state index is 12.9. The van der Waals surface area contributed by atoms with E-state index in [9.17, 15) is 9.59 Å². The Morgan fingerprint density at radius 1 is 1.17 bits per heavy atom. The third-order valence-electron chi connectivity index (χ3n) is 3.93. The van der Waals surface area contributed by atoms with Gasteiger partial charge in [0.1, 0.15) is 0 Å². The number of pyridine rings is 1. The Balaban J connectivity index is 1.82. The third-order valence-corrected chi connectivity index (χ3v) is 4.71. The van der Waals surface area contributed by atoms with Crippen molar-refractivity contribution in [3.05, 3.63) is 35.6 Å². The van der Waals surface area contributed by atoms with Crippen LogP contribution in [0.15, 0.2) is 30.0 Å². The quantitative estimate of drug-likeness (QED) is 0.843. The van der Waals surface area contributed by atoms with Gasteiger partial charge in [-0.2, -0.15) is 0 Å². The van der Waals surface area contributed by atoms with Gasteiger partial charge in [0.2, 0.25) is 5.91 Å². The summed E-state index contributed by atoms with van der Waals surface area (Å²) >= 11 is 1.47. The minimum Gasteiger partial charge on any atom is -0.341 e. The SMILES string of the molecule is CC(=O)N1CCCN(C(=O)c2cccnc2-c2cncs2)CC1. The van der Waals surface area contributed by atoms with Crippen LogP contribution in [0.4, 0.5) is 0 Å². The van der Waals surface area contributed by atoms with Crippen LogP contribution >= 0.6 is 11.3 Å². The zero-order valence-corrected chi connectivity index (χ0v) is 13.8. The van der Waals surface area contributed by atoms with Gasteiger partial charge < -0.3 is 9.80 Å². The lowest BCUT2D eigenvalue weighted by atomic mass is 10.1. The summed E-state index contributed by atoms with van der Waals surface area (Å²) in [7, 11) is 0. The molecular formula is C16H18N4O2S. The molecule has 0 spiro atoms. The van der Waals surface area contributed by atoms with Crippen molar-refractivity contribution in [1.82, 2.24) is 19.8 Å². The first-order valence-corrected chi connectivity index (χ1v) is 8.43. The fourth-order valence-electron chi connectivity index (χ4n) is 2.71. The summed E-state index contributed by atoms with van der Waals surface area (Å²) in [5.74, 6) is 0.0259. The molecule has 1 saturated heterocycles. The Kier molecular flexibility index (Phi) is 4.66. The van der Waals surface area contributed by atoms with Crippen LogP contribution < -0.4 is 0 Å².